The van der Waals surface area contributed by atoms with Crippen LogP contribution in [0.25, 0.3) is 0 Å². The Labute approximate surface area is 162 Å². The summed E-state index contributed by atoms with van der Waals surface area (Å²) < 4.78 is 5.90. The smallest absolute Gasteiger partial charge is 0.335 e. The predicted octanol–water partition coefficient (Wildman–Crippen LogP) is 3.94. The van der Waals surface area contributed by atoms with Crippen LogP contribution in [-0.2, 0) is 0 Å². The van der Waals surface area contributed by atoms with Gasteiger partial charge in [0.25, 0.3) is 5.91 Å². The summed E-state index contributed by atoms with van der Waals surface area (Å²) in [5.41, 5.74) is 0.587. The van der Waals surface area contributed by atoms with Crippen LogP contribution in [-0.4, -0.2) is 29.2 Å². The Morgan fingerprint density at radius 2 is 1.96 bits per heavy atom. The highest BCUT2D eigenvalue weighted by atomic mass is 79.9. The highest BCUT2D eigenvalue weighted by Crippen LogP contribution is 2.34. The summed E-state index contributed by atoms with van der Waals surface area (Å²) in [6.45, 7) is 0. The lowest BCUT2D eigenvalue weighted by molar-refractivity contribution is 0.0696. The van der Waals surface area contributed by atoms with Gasteiger partial charge in [0.2, 0.25) is 0 Å². The fraction of sp³-hybridized carbons (Fsp3) is 0.0625. The van der Waals surface area contributed by atoms with Gasteiger partial charge < -0.3 is 15.2 Å². The number of methoxy groups -OCH3 is 1. The minimum atomic E-state index is -1.16. The maximum atomic E-state index is 12.2. The summed E-state index contributed by atoms with van der Waals surface area (Å²) in [6.07, 6.45) is 0. The number of hydrogen-bond donors (Lipinski definition) is 3. The standard InChI is InChI=1S/C16H12BrClN2O4S/c1-24-13-11(18)6-9(15(22)23)7-12(13)19-16(25)20-14(21)8-3-2-4-10(17)5-8/h2-7H,1H3,(H,22,23)(H2,19,20,21,25). The molecule has 0 unspecified atom stereocenters. The van der Waals surface area contributed by atoms with Gasteiger partial charge in [-0.05, 0) is 42.5 Å². The van der Waals surface area contributed by atoms with Crippen LogP contribution in [0, 0.1) is 0 Å². The van der Waals surface area contributed by atoms with E-state index in [1.54, 1.807) is 24.3 Å². The van der Waals surface area contributed by atoms with Crippen molar-refractivity contribution in [1.29, 1.82) is 0 Å². The lowest BCUT2D eigenvalue weighted by Crippen LogP contribution is -2.34. The summed E-state index contributed by atoms with van der Waals surface area (Å²) in [5, 5.41) is 14.4. The lowest BCUT2D eigenvalue weighted by atomic mass is 10.2. The zero-order chi connectivity index (χ0) is 18.6. The Morgan fingerprint density at radius 1 is 1.24 bits per heavy atom. The third kappa shape index (κ3) is 4.91. The van der Waals surface area contributed by atoms with Crippen molar-refractivity contribution in [3.63, 3.8) is 0 Å². The first-order valence-electron chi connectivity index (χ1n) is 6.80. The fourth-order valence-electron chi connectivity index (χ4n) is 1.98. The van der Waals surface area contributed by atoms with Crippen LogP contribution in [0.5, 0.6) is 5.75 Å². The highest BCUT2D eigenvalue weighted by molar-refractivity contribution is 9.10. The molecular weight excluding hydrogens is 432 g/mol. The molecule has 0 fully saturated rings. The molecular formula is C16H12BrClN2O4S. The number of amides is 1. The molecule has 0 bridgehead atoms. The van der Waals surface area contributed by atoms with Crippen LogP contribution < -0.4 is 15.4 Å². The molecule has 0 aliphatic heterocycles. The molecule has 2 aromatic carbocycles. The van der Waals surface area contributed by atoms with E-state index in [-0.39, 0.29) is 27.1 Å². The summed E-state index contributed by atoms with van der Waals surface area (Å²) in [5.74, 6) is -1.36. The van der Waals surface area contributed by atoms with Crippen molar-refractivity contribution in [2.75, 3.05) is 12.4 Å². The van der Waals surface area contributed by atoms with E-state index in [0.717, 1.165) is 4.47 Å². The molecule has 1 amide bonds. The Bertz CT molecular complexity index is 860. The van der Waals surface area contributed by atoms with Crippen molar-refractivity contribution in [3.8, 4) is 5.75 Å². The molecule has 6 nitrogen and oxygen atoms in total. The van der Waals surface area contributed by atoms with Gasteiger partial charge in [-0.1, -0.05) is 33.6 Å². The molecule has 9 heteroatoms. The average Bonchev–Trinajstić information content (AvgIpc) is 2.54. The molecule has 0 aromatic heterocycles. The number of carboxylic acid groups (broad SMARTS) is 1. The van der Waals surface area contributed by atoms with E-state index in [9.17, 15) is 9.59 Å². The van der Waals surface area contributed by atoms with Gasteiger partial charge in [0.1, 0.15) is 0 Å². The van der Waals surface area contributed by atoms with Crippen LogP contribution in [0.2, 0.25) is 5.02 Å². The zero-order valence-electron chi connectivity index (χ0n) is 12.8. The van der Waals surface area contributed by atoms with Crippen LogP contribution in [0.1, 0.15) is 20.7 Å². The van der Waals surface area contributed by atoms with E-state index in [4.69, 9.17) is 33.7 Å². The number of halogens is 2. The topological polar surface area (TPSA) is 87.7 Å². The van der Waals surface area contributed by atoms with Crippen LogP contribution in [0.3, 0.4) is 0 Å². The van der Waals surface area contributed by atoms with Crippen molar-refractivity contribution in [2.24, 2.45) is 0 Å². The molecule has 0 saturated carbocycles. The van der Waals surface area contributed by atoms with Crippen molar-refractivity contribution >= 4 is 62.4 Å². The predicted molar refractivity (Wildman–Crippen MR) is 103 cm³/mol. The molecule has 0 aliphatic carbocycles. The number of carbonyl (C=O) groups is 2. The van der Waals surface area contributed by atoms with Gasteiger partial charge in [-0.3, -0.25) is 10.1 Å². The second-order valence-electron chi connectivity index (χ2n) is 4.76. The van der Waals surface area contributed by atoms with Crippen molar-refractivity contribution in [3.05, 3.63) is 57.0 Å². The van der Waals surface area contributed by atoms with E-state index in [2.05, 4.69) is 26.6 Å². The van der Waals surface area contributed by atoms with E-state index < -0.39 is 11.9 Å². The number of carboxylic acids is 1. The Balaban J connectivity index is 2.19. The second kappa shape index (κ2) is 8.28. The van der Waals surface area contributed by atoms with Crippen molar-refractivity contribution in [2.45, 2.75) is 0 Å². The molecule has 3 N–H and O–H groups in total. The van der Waals surface area contributed by atoms with Gasteiger partial charge in [-0.25, -0.2) is 4.79 Å². The van der Waals surface area contributed by atoms with E-state index in [1.807, 2.05) is 0 Å². The van der Waals surface area contributed by atoms with Gasteiger partial charge in [0, 0.05) is 10.0 Å². The number of aromatic carboxylic acids is 1. The minimum absolute atomic E-state index is 0.0260. The second-order valence-corrected chi connectivity index (χ2v) is 6.49. The molecule has 0 heterocycles. The molecule has 0 saturated heterocycles. The van der Waals surface area contributed by atoms with E-state index in [0.29, 0.717) is 5.56 Å². The number of carbonyl (C=O) groups excluding carboxylic acids is 1. The average molecular weight is 444 g/mol. The van der Waals surface area contributed by atoms with Crippen molar-refractivity contribution in [1.82, 2.24) is 5.32 Å². The molecule has 130 valence electrons. The number of hydrogen-bond acceptors (Lipinski definition) is 4. The van der Waals surface area contributed by atoms with Crippen LogP contribution in [0.15, 0.2) is 40.9 Å². The summed E-state index contributed by atoms with van der Waals surface area (Å²) in [6, 6.07) is 9.35. The number of thiocarbonyl (C=S) groups is 1. The van der Waals surface area contributed by atoms with Crippen LogP contribution >= 0.6 is 39.7 Å². The summed E-state index contributed by atoms with van der Waals surface area (Å²) in [7, 11) is 1.38. The zero-order valence-corrected chi connectivity index (χ0v) is 16.0. The first-order valence-corrected chi connectivity index (χ1v) is 8.38. The largest absolute Gasteiger partial charge is 0.493 e. The minimum Gasteiger partial charge on any atom is -0.493 e. The first kappa shape index (κ1) is 19.2. The Morgan fingerprint density at radius 3 is 2.56 bits per heavy atom. The van der Waals surface area contributed by atoms with Gasteiger partial charge >= 0.3 is 5.97 Å². The number of benzene rings is 2. The van der Waals surface area contributed by atoms with Crippen molar-refractivity contribution < 1.29 is 19.4 Å². The number of ether oxygens (including phenoxy) is 1. The molecule has 2 rings (SSSR count). The van der Waals surface area contributed by atoms with Crippen LogP contribution in [0.4, 0.5) is 5.69 Å². The number of rotatable bonds is 4. The molecule has 0 radical (unpaired) electrons. The monoisotopic (exact) mass is 442 g/mol. The molecule has 25 heavy (non-hydrogen) atoms. The highest BCUT2D eigenvalue weighted by Gasteiger charge is 2.16. The van der Waals surface area contributed by atoms with Gasteiger partial charge in [-0.2, -0.15) is 0 Å². The Kier molecular flexibility index (Phi) is 6.35. The quantitative estimate of drug-likeness (QED) is 0.621. The number of nitrogens with one attached hydrogen (secondary N) is 2. The normalized spacial score (nSPS) is 10.0. The maximum absolute atomic E-state index is 12.2. The third-order valence-electron chi connectivity index (χ3n) is 3.06. The molecule has 0 atom stereocenters. The molecule has 0 aliphatic rings. The van der Waals surface area contributed by atoms with E-state index >= 15 is 0 Å². The molecule has 2 aromatic rings. The summed E-state index contributed by atoms with van der Waals surface area (Å²) in [4.78, 5) is 23.3. The van der Waals surface area contributed by atoms with Gasteiger partial charge in [-0.15, -0.1) is 0 Å². The summed E-state index contributed by atoms with van der Waals surface area (Å²) >= 11 is 14.4. The first-order chi connectivity index (χ1) is 11.8. The van der Waals surface area contributed by atoms with Gasteiger partial charge in [0.05, 0.1) is 23.4 Å². The fourth-order valence-corrected chi connectivity index (χ4v) is 2.87. The lowest BCUT2D eigenvalue weighted by Gasteiger charge is -2.15. The maximum Gasteiger partial charge on any atom is 0.335 e. The SMILES string of the molecule is COc1c(Cl)cc(C(=O)O)cc1NC(=S)NC(=O)c1cccc(Br)c1. The van der Waals surface area contributed by atoms with E-state index in [1.165, 1.54) is 19.2 Å². The Hall–Kier alpha value is -2.16. The third-order valence-corrected chi connectivity index (χ3v) is 4.03. The van der Waals surface area contributed by atoms with Gasteiger partial charge in [0.15, 0.2) is 10.9 Å². The molecule has 0 spiro atoms. The number of anilines is 1.